The van der Waals surface area contributed by atoms with Crippen LogP contribution in [0.4, 0.5) is 5.69 Å². The molecule has 0 bridgehead atoms. The lowest BCUT2D eigenvalue weighted by molar-refractivity contribution is -0.156. The van der Waals surface area contributed by atoms with E-state index in [1.54, 1.807) is 57.2 Å². The van der Waals surface area contributed by atoms with Crippen LogP contribution in [0.25, 0.3) is 10.4 Å². The number of sulfonamides is 1. The second kappa shape index (κ2) is 10.4. The fraction of sp³-hybridized carbons (Fsp3) is 0.250. The predicted octanol–water partition coefficient (Wildman–Crippen LogP) is 3.42. The topological polar surface area (TPSA) is 128 Å². The number of hydrogen-bond donors (Lipinski definition) is 3. The lowest BCUT2D eigenvalue weighted by Gasteiger charge is -2.24. The average Bonchev–Trinajstić information content (AvgIpc) is 3.26. The molecule has 1 aromatic heterocycles. The maximum atomic E-state index is 12.8. The molecule has 0 saturated carbocycles. The lowest BCUT2D eigenvalue weighted by atomic mass is 10.2. The molecule has 180 valence electrons. The fourth-order valence-corrected chi connectivity index (χ4v) is 5.11. The summed E-state index contributed by atoms with van der Waals surface area (Å²) < 4.78 is 33.3. The van der Waals surface area contributed by atoms with Crippen molar-refractivity contribution in [3.05, 3.63) is 71.6 Å². The van der Waals surface area contributed by atoms with Crippen molar-refractivity contribution in [3.63, 3.8) is 0 Å². The Bertz CT molecular complexity index is 1270. The van der Waals surface area contributed by atoms with E-state index in [0.29, 0.717) is 10.6 Å². The molecule has 1 heterocycles. The van der Waals surface area contributed by atoms with E-state index in [-0.39, 0.29) is 11.4 Å². The summed E-state index contributed by atoms with van der Waals surface area (Å²) in [6, 6.07) is 17.1. The van der Waals surface area contributed by atoms with Crippen LogP contribution in [0.15, 0.2) is 71.6 Å². The van der Waals surface area contributed by atoms with Gasteiger partial charge in [0.05, 0.1) is 9.77 Å². The molecule has 0 spiro atoms. The first kappa shape index (κ1) is 25.4. The molecule has 3 rings (SSSR count). The second-order valence-electron chi connectivity index (χ2n) is 8.52. The summed E-state index contributed by atoms with van der Waals surface area (Å²) >= 11 is 1.26. The summed E-state index contributed by atoms with van der Waals surface area (Å²) in [6.07, 6.45) is 0. The van der Waals surface area contributed by atoms with Crippen molar-refractivity contribution in [3.8, 4) is 10.4 Å². The number of nitrogens with one attached hydrogen (secondary N) is 2. The maximum Gasteiger partial charge on any atom is 0.326 e. The third-order valence-corrected chi connectivity index (χ3v) is 7.13. The van der Waals surface area contributed by atoms with Crippen molar-refractivity contribution >= 4 is 38.9 Å². The summed E-state index contributed by atoms with van der Waals surface area (Å²) in [5.74, 6) is -1.23. The van der Waals surface area contributed by atoms with Crippen LogP contribution in [-0.4, -0.2) is 38.5 Å². The van der Waals surface area contributed by atoms with Crippen LogP contribution in [0.1, 0.15) is 30.4 Å². The van der Waals surface area contributed by atoms with Gasteiger partial charge >= 0.3 is 5.97 Å². The first-order valence-corrected chi connectivity index (χ1v) is 12.8. The van der Waals surface area contributed by atoms with E-state index in [1.807, 2.05) is 18.2 Å². The zero-order valence-corrected chi connectivity index (χ0v) is 20.7. The third-order valence-electron chi connectivity index (χ3n) is 4.51. The van der Waals surface area contributed by atoms with Crippen molar-refractivity contribution in [2.45, 2.75) is 37.3 Å². The Kier molecular flexibility index (Phi) is 7.75. The minimum Gasteiger partial charge on any atom is -0.459 e. The molecule has 0 aliphatic carbocycles. The highest BCUT2D eigenvalue weighted by Crippen LogP contribution is 2.29. The molecule has 1 atom stereocenters. The van der Waals surface area contributed by atoms with Crippen molar-refractivity contribution < 1.29 is 22.7 Å². The van der Waals surface area contributed by atoms with Gasteiger partial charge in [-0.15, -0.1) is 11.3 Å². The molecule has 10 heteroatoms. The summed E-state index contributed by atoms with van der Waals surface area (Å²) in [6.45, 7) is 4.74. The maximum absolute atomic E-state index is 12.8. The molecule has 1 amide bonds. The predicted molar refractivity (Wildman–Crippen MR) is 133 cm³/mol. The van der Waals surface area contributed by atoms with Crippen molar-refractivity contribution in [1.82, 2.24) is 10.0 Å². The molecule has 0 unspecified atom stereocenters. The number of hydrogen-bond acceptors (Lipinski definition) is 7. The van der Waals surface area contributed by atoms with Gasteiger partial charge < -0.3 is 15.8 Å². The number of anilines is 1. The van der Waals surface area contributed by atoms with Gasteiger partial charge in [-0.25, -0.2) is 8.42 Å². The Hall–Kier alpha value is -3.21. The molecule has 0 aliphatic heterocycles. The zero-order valence-electron chi connectivity index (χ0n) is 19.1. The van der Waals surface area contributed by atoms with Gasteiger partial charge in [0.25, 0.3) is 5.91 Å². The molecule has 0 aliphatic rings. The number of thiophene rings is 1. The molecule has 0 fully saturated rings. The van der Waals surface area contributed by atoms with Crippen molar-refractivity contribution in [2.75, 3.05) is 12.3 Å². The second-order valence-corrected chi connectivity index (χ2v) is 11.3. The molecule has 0 radical (unpaired) electrons. The van der Waals surface area contributed by atoms with Crippen LogP contribution in [0.5, 0.6) is 0 Å². The van der Waals surface area contributed by atoms with Crippen LogP contribution in [-0.2, 0) is 19.6 Å². The van der Waals surface area contributed by atoms with E-state index in [2.05, 4.69) is 10.0 Å². The SMILES string of the molecule is CC(C)(C)OC(=O)[C@H](CNC(=O)c1ccc(-c2cccc(N)c2)s1)NS(=O)(=O)c1ccccc1. The van der Waals surface area contributed by atoms with Gasteiger partial charge in [0.1, 0.15) is 11.6 Å². The Morgan fingerprint density at radius 3 is 2.38 bits per heavy atom. The number of benzene rings is 2. The van der Waals surface area contributed by atoms with Gasteiger partial charge in [-0.3, -0.25) is 9.59 Å². The molecule has 0 saturated heterocycles. The highest BCUT2D eigenvalue weighted by atomic mass is 32.2. The average molecular weight is 502 g/mol. The van der Waals surface area contributed by atoms with E-state index in [9.17, 15) is 18.0 Å². The number of rotatable bonds is 8. The summed E-state index contributed by atoms with van der Waals surface area (Å²) in [4.78, 5) is 26.7. The number of ether oxygens (including phenoxy) is 1. The lowest BCUT2D eigenvalue weighted by Crippen LogP contribution is -2.50. The normalized spacial score (nSPS) is 12.7. The van der Waals surface area contributed by atoms with E-state index in [1.165, 1.54) is 23.5 Å². The van der Waals surface area contributed by atoms with Crippen molar-refractivity contribution in [2.24, 2.45) is 0 Å². The molecular formula is C24H27N3O5S2. The Morgan fingerprint density at radius 1 is 1.03 bits per heavy atom. The van der Waals surface area contributed by atoms with Crippen LogP contribution < -0.4 is 15.8 Å². The van der Waals surface area contributed by atoms with Gasteiger partial charge in [-0.05, 0) is 62.7 Å². The number of amides is 1. The van der Waals surface area contributed by atoms with E-state index in [4.69, 9.17) is 10.5 Å². The minimum atomic E-state index is -4.02. The molecular weight excluding hydrogens is 474 g/mol. The summed E-state index contributed by atoms with van der Waals surface area (Å²) in [5.41, 5.74) is 6.49. The first-order valence-electron chi connectivity index (χ1n) is 10.5. The Labute approximate surface area is 203 Å². The number of esters is 1. The van der Waals surface area contributed by atoms with Gasteiger partial charge in [0, 0.05) is 17.1 Å². The number of nitrogens with two attached hydrogens (primary N) is 1. The van der Waals surface area contributed by atoms with Crippen LogP contribution >= 0.6 is 11.3 Å². The number of carbonyl (C=O) groups is 2. The molecule has 2 aromatic carbocycles. The van der Waals surface area contributed by atoms with Gasteiger partial charge in [0.15, 0.2) is 0 Å². The largest absolute Gasteiger partial charge is 0.459 e. The fourth-order valence-electron chi connectivity index (χ4n) is 2.99. The molecule has 4 N–H and O–H groups in total. The van der Waals surface area contributed by atoms with Gasteiger partial charge in [-0.2, -0.15) is 4.72 Å². The van der Waals surface area contributed by atoms with Crippen LogP contribution in [0.2, 0.25) is 0 Å². The highest BCUT2D eigenvalue weighted by Gasteiger charge is 2.30. The minimum absolute atomic E-state index is 0.0000760. The zero-order chi connectivity index (χ0) is 24.9. The van der Waals surface area contributed by atoms with Crippen molar-refractivity contribution in [1.29, 1.82) is 0 Å². The number of carbonyl (C=O) groups excluding carboxylic acids is 2. The van der Waals surface area contributed by atoms with E-state index in [0.717, 1.165) is 10.4 Å². The summed E-state index contributed by atoms with van der Waals surface area (Å²) in [5, 5.41) is 2.63. The molecule has 3 aromatic rings. The highest BCUT2D eigenvalue weighted by molar-refractivity contribution is 7.89. The first-order chi connectivity index (χ1) is 15.9. The molecule has 34 heavy (non-hydrogen) atoms. The smallest absolute Gasteiger partial charge is 0.326 e. The van der Waals surface area contributed by atoms with Gasteiger partial charge in [0.2, 0.25) is 10.0 Å². The quantitative estimate of drug-likeness (QED) is 0.321. The standard InChI is InChI=1S/C24H27N3O5S2/c1-24(2,3)32-23(29)19(27-34(30,31)18-10-5-4-6-11-18)15-26-22(28)21-13-12-20(33-21)16-8-7-9-17(25)14-16/h4-14,19,27H,15,25H2,1-3H3,(H,26,28)/t19-/m0/s1. The van der Waals surface area contributed by atoms with Crippen LogP contribution in [0.3, 0.4) is 0 Å². The van der Waals surface area contributed by atoms with E-state index >= 15 is 0 Å². The molecule has 8 nitrogen and oxygen atoms in total. The number of nitrogen functional groups attached to an aromatic ring is 1. The Morgan fingerprint density at radius 2 is 1.74 bits per heavy atom. The summed E-state index contributed by atoms with van der Waals surface area (Å²) in [7, 11) is -4.02. The monoisotopic (exact) mass is 501 g/mol. The van der Waals surface area contributed by atoms with E-state index < -0.39 is 33.5 Å². The Balaban J connectivity index is 1.75. The van der Waals surface area contributed by atoms with Gasteiger partial charge in [-0.1, -0.05) is 30.3 Å². The van der Waals surface area contributed by atoms with Crippen LogP contribution in [0, 0.1) is 0 Å². The third kappa shape index (κ3) is 6.89.